The fourth-order valence-electron chi connectivity index (χ4n) is 3.27. The average molecular weight is 404 g/mol. The number of hydrogen-bond donors (Lipinski definition) is 0. The molecular formula is C20H25FN4O4. The second-order valence-electron chi connectivity index (χ2n) is 7.64. The maximum Gasteiger partial charge on any atom is 0.278 e. The Labute approximate surface area is 168 Å². The Morgan fingerprint density at radius 3 is 2.79 bits per heavy atom. The third-order valence-electron chi connectivity index (χ3n) is 4.63. The maximum atomic E-state index is 13.4. The summed E-state index contributed by atoms with van der Waals surface area (Å²) in [5.41, 5.74) is 1.13. The first-order valence-corrected chi connectivity index (χ1v) is 9.55. The van der Waals surface area contributed by atoms with Crippen LogP contribution in [0.25, 0.3) is 0 Å². The number of nitrogens with zero attached hydrogens (tertiary/aromatic N) is 4. The fraction of sp³-hybridized carbons (Fsp3) is 0.500. The smallest absolute Gasteiger partial charge is 0.278 e. The van der Waals surface area contributed by atoms with E-state index in [9.17, 15) is 14.0 Å². The summed E-state index contributed by atoms with van der Waals surface area (Å²) in [5.74, 6) is -0.651. The molecule has 8 nitrogen and oxygen atoms in total. The molecule has 1 fully saturated rings. The molecule has 1 aliphatic heterocycles. The minimum Gasteiger partial charge on any atom is -0.370 e. The molecule has 29 heavy (non-hydrogen) atoms. The van der Waals surface area contributed by atoms with Gasteiger partial charge < -0.3 is 14.5 Å². The van der Waals surface area contributed by atoms with E-state index in [1.807, 2.05) is 13.8 Å². The van der Waals surface area contributed by atoms with Crippen LogP contribution < -0.4 is 0 Å². The van der Waals surface area contributed by atoms with Crippen LogP contribution in [0.3, 0.4) is 0 Å². The Balaban J connectivity index is 1.77. The van der Waals surface area contributed by atoms with Gasteiger partial charge in [0.05, 0.1) is 12.7 Å². The van der Waals surface area contributed by atoms with Gasteiger partial charge >= 0.3 is 0 Å². The lowest BCUT2D eigenvalue weighted by molar-refractivity contribution is -0.132. The highest BCUT2D eigenvalue weighted by atomic mass is 19.1. The molecule has 1 unspecified atom stereocenters. The highest BCUT2D eigenvalue weighted by Gasteiger charge is 2.33. The van der Waals surface area contributed by atoms with E-state index in [0.717, 1.165) is 0 Å². The van der Waals surface area contributed by atoms with Gasteiger partial charge in [0.2, 0.25) is 5.91 Å². The molecule has 9 heteroatoms. The first-order chi connectivity index (χ1) is 13.8. The van der Waals surface area contributed by atoms with Gasteiger partial charge in [0.25, 0.3) is 5.91 Å². The van der Waals surface area contributed by atoms with Crippen molar-refractivity contribution in [2.24, 2.45) is 5.92 Å². The molecule has 0 radical (unpaired) electrons. The van der Waals surface area contributed by atoms with Crippen molar-refractivity contribution in [2.75, 3.05) is 26.2 Å². The van der Waals surface area contributed by atoms with E-state index in [4.69, 9.17) is 4.74 Å². The van der Waals surface area contributed by atoms with Crippen molar-refractivity contribution in [3.05, 3.63) is 47.0 Å². The third kappa shape index (κ3) is 5.38. The fourth-order valence-corrected chi connectivity index (χ4v) is 3.27. The number of halogens is 1. The van der Waals surface area contributed by atoms with Crippen molar-refractivity contribution in [1.82, 2.24) is 20.1 Å². The largest absolute Gasteiger partial charge is 0.370 e. The predicted octanol–water partition coefficient (Wildman–Crippen LogP) is 2.04. The predicted molar refractivity (Wildman–Crippen MR) is 101 cm³/mol. The summed E-state index contributed by atoms with van der Waals surface area (Å²) in [6.07, 6.45) is -0.424. The van der Waals surface area contributed by atoms with Gasteiger partial charge in [-0.15, -0.1) is 0 Å². The number of rotatable bonds is 6. The van der Waals surface area contributed by atoms with Crippen LogP contribution in [0, 0.1) is 18.7 Å². The molecule has 0 N–H and O–H groups in total. The number of carbonyl (C=O) groups is 2. The molecule has 2 heterocycles. The molecule has 1 aliphatic rings. The van der Waals surface area contributed by atoms with Gasteiger partial charge in [-0.2, -0.15) is 0 Å². The van der Waals surface area contributed by atoms with Crippen LogP contribution in [0.1, 0.15) is 35.6 Å². The molecule has 2 amide bonds. The van der Waals surface area contributed by atoms with Crippen LogP contribution in [0.5, 0.6) is 0 Å². The van der Waals surface area contributed by atoms with Crippen LogP contribution in [0.2, 0.25) is 0 Å². The molecule has 156 valence electrons. The van der Waals surface area contributed by atoms with Crippen molar-refractivity contribution in [3.63, 3.8) is 0 Å². The number of aromatic nitrogens is 2. The Morgan fingerprint density at radius 2 is 2.14 bits per heavy atom. The Bertz CT molecular complexity index is 870. The molecule has 0 bridgehead atoms. The van der Waals surface area contributed by atoms with Crippen LogP contribution in [0.15, 0.2) is 28.9 Å². The number of ether oxygens (including phenoxy) is 1. The number of benzene rings is 1. The average Bonchev–Trinajstić information content (AvgIpc) is 3.02. The van der Waals surface area contributed by atoms with Gasteiger partial charge in [0.15, 0.2) is 5.69 Å². The van der Waals surface area contributed by atoms with Gasteiger partial charge in [-0.3, -0.25) is 9.59 Å². The van der Waals surface area contributed by atoms with E-state index in [1.165, 1.54) is 17.0 Å². The van der Waals surface area contributed by atoms with Crippen molar-refractivity contribution in [2.45, 2.75) is 33.5 Å². The van der Waals surface area contributed by atoms with Gasteiger partial charge in [-0.1, -0.05) is 31.1 Å². The molecule has 0 saturated carbocycles. The van der Waals surface area contributed by atoms with E-state index in [-0.39, 0.29) is 43.0 Å². The number of amides is 2. The standard InChI is InChI=1S/C20H25FN4O4/c1-13(2)8-24-9-17(28-12-15-5-4-6-16(21)7-15)10-25(11-18(24)26)20(27)19-14(3)22-29-23-19/h4-7,13,17H,8-12H2,1-3H3. The highest BCUT2D eigenvalue weighted by molar-refractivity contribution is 5.95. The van der Waals surface area contributed by atoms with Gasteiger partial charge in [-0.25, -0.2) is 9.02 Å². The van der Waals surface area contributed by atoms with Crippen molar-refractivity contribution in [3.8, 4) is 0 Å². The van der Waals surface area contributed by atoms with Crippen LogP contribution >= 0.6 is 0 Å². The summed E-state index contributed by atoms with van der Waals surface area (Å²) in [5, 5.41) is 7.29. The first-order valence-electron chi connectivity index (χ1n) is 9.55. The second kappa shape index (κ2) is 9.13. The van der Waals surface area contributed by atoms with E-state index in [1.54, 1.807) is 24.0 Å². The molecule has 0 spiro atoms. The number of aryl methyl sites for hydroxylation is 1. The second-order valence-corrected chi connectivity index (χ2v) is 7.64. The van der Waals surface area contributed by atoms with Crippen molar-refractivity contribution < 1.29 is 23.3 Å². The Hall–Kier alpha value is -2.81. The van der Waals surface area contributed by atoms with Gasteiger partial charge in [0, 0.05) is 19.6 Å². The zero-order chi connectivity index (χ0) is 21.0. The monoisotopic (exact) mass is 404 g/mol. The summed E-state index contributed by atoms with van der Waals surface area (Å²) < 4.78 is 24.0. The lowest BCUT2D eigenvalue weighted by Gasteiger charge is -2.26. The van der Waals surface area contributed by atoms with Crippen LogP contribution in [-0.4, -0.2) is 64.2 Å². The quantitative estimate of drug-likeness (QED) is 0.732. The number of hydrogen-bond acceptors (Lipinski definition) is 6. The van der Waals surface area contributed by atoms with Crippen LogP contribution in [0.4, 0.5) is 4.39 Å². The van der Waals surface area contributed by atoms with Gasteiger partial charge in [0.1, 0.15) is 18.1 Å². The molecule has 3 rings (SSSR count). The Morgan fingerprint density at radius 1 is 1.34 bits per heavy atom. The van der Waals surface area contributed by atoms with Gasteiger partial charge in [-0.05, 0) is 35.7 Å². The van der Waals surface area contributed by atoms with E-state index < -0.39 is 12.0 Å². The van der Waals surface area contributed by atoms with E-state index in [0.29, 0.717) is 24.3 Å². The maximum absolute atomic E-state index is 13.4. The van der Waals surface area contributed by atoms with E-state index in [2.05, 4.69) is 14.9 Å². The summed E-state index contributed by atoms with van der Waals surface area (Å²) in [4.78, 5) is 28.7. The molecule has 1 saturated heterocycles. The molecule has 2 aromatic rings. The molecule has 1 aromatic carbocycles. The number of carbonyl (C=O) groups excluding carboxylic acids is 2. The van der Waals surface area contributed by atoms with Crippen molar-refractivity contribution in [1.29, 1.82) is 0 Å². The zero-order valence-corrected chi connectivity index (χ0v) is 16.8. The summed E-state index contributed by atoms with van der Waals surface area (Å²) in [7, 11) is 0. The summed E-state index contributed by atoms with van der Waals surface area (Å²) >= 11 is 0. The summed E-state index contributed by atoms with van der Waals surface area (Å²) in [6, 6.07) is 6.16. The highest BCUT2D eigenvalue weighted by Crippen LogP contribution is 2.16. The SMILES string of the molecule is Cc1nonc1C(=O)N1CC(=O)N(CC(C)C)CC(OCc2cccc(F)c2)C1. The minimum absolute atomic E-state index is 0.0717. The topological polar surface area (TPSA) is 88.8 Å². The third-order valence-corrected chi connectivity index (χ3v) is 4.63. The zero-order valence-electron chi connectivity index (χ0n) is 16.8. The molecular weight excluding hydrogens is 379 g/mol. The lowest BCUT2D eigenvalue weighted by Crippen LogP contribution is -2.40. The lowest BCUT2D eigenvalue weighted by atomic mass is 10.2. The first kappa shape index (κ1) is 20.9. The Kier molecular flexibility index (Phi) is 6.58. The van der Waals surface area contributed by atoms with Crippen molar-refractivity contribution >= 4 is 11.8 Å². The molecule has 1 atom stereocenters. The van der Waals surface area contributed by atoms with Crippen LogP contribution in [-0.2, 0) is 16.1 Å². The van der Waals surface area contributed by atoms with E-state index >= 15 is 0 Å². The minimum atomic E-state index is -0.428. The molecule has 1 aromatic heterocycles. The normalized spacial score (nSPS) is 17.7. The molecule has 0 aliphatic carbocycles. The summed E-state index contributed by atoms with van der Waals surface area (Å²) in [6.45, 7) is 6.89.